The van der Waals surface area contributed by atoms with Crippen molar-refractivity contribution in [3.63, 3.8) is 0 Å². The topological polar surface area (TPSA) is 174 Å². The van der Waals surface area contributed by atoms with Gasteiger partial charge in [-0.1, -0.05) is 23.7 Å². The lowest BCUT2D eigenvalue weighted by atomic mass is 10.1. The Morgan fingerprint density at radius 1 is 0.836 bits per heavy atom. The maximum atomic E-state index is 13.0. The van der Waals surface area contributed by atoms with Crippen LogP contribution in [0.1, 0.15) is 47.2 Å². The second-order valence-electron chi connectivity index (χ2n) is 12.1. The first-order valence-corrected chi connectivity index (χ1v) is 16.6. The molecule has 1 fully saturated rings. The smallest absolute Gasteiger partial charge is 0.422 e. The Balaban J connectivity index is 1.22. The molecule has 4 aromatic rings. The summed E-state index contributed by atoms with van der Waals surface area (Å²) in [6.45, 7) is -1.65. The Morgan fingerprint density at radius 3 is 2.04 bits per heavy atom. The van der Waals surface area contributed by atoms with Crippen LogP contribution in [0.2, 0.25) is 5.02 Å². The van der Waals surface area contributed by atoms with E-state index in [0.29, 0.717) is 23.6 Å². The van der Waals surface area contributed by atoms with Crippen LogP contribution in [0.5, 0.6) is 6.01 Å². The molecule has 290 valence electrons. The number of hydrogen-bond donors (Lipinski definition) is 4. The summed E-state index contributed by atoms with van der Waals surface area (Å²) in [5.74, 6) is -4.10. The highest BCUT2D eigenvalue weighted by Crippen LogP contribution is 2.48. The minimum atomic E-state index is -4.67. The number of aromatic nitrogens is 3. The largest absolute Gasteiger partial charge is 0.467 e. The Labute approximate surface area is 313 Å². The van der Waals surface area contributed by atoms with Gasteiger partial charge in [-0.2, -0.15) is 41.3 Å². The normalized spacial score (nSPS) is 13.9. The van der Waals surface area contributed by atoms with Gasteiger partial charge in [0.2, 0.25) is 17.7 Å². The van der Waals surface area contributed by atoms with Crippen LogP contribution in [0.4, 0.5) is 49.6 Å². The fraction of sp³-hybridized carbons (Fsp3) is 0.286. The second-order valence-corrected chi connectivity index (χ2v) is 12.6. The highest BCUT2D eigenvalue weighted by Gasteiger charge is 2.45. The summed E-state index contributed by atoms with van der Waals surface area (Å²) >= 11 is 6.01. The number of hydrogen-bond acceptors (Lipinski definition) is 11. The Kier molecular flexibility index (Phi) is 12.1. The zero-order chi connectivity index (χ0) is 40.0. The lowest BCUT2D eigenvalue weighted by Crippen LogP contribution is -2.42. The van der Waals surface area contributed by atoms with E-state index in [9.17, 15) is 45.5 Å². The summed E-state index contributed by atoms with van der Waals surface area (Å²) in [5.41, 5.74) is -0.405. The molecular formula is C35H30ClF6N7O6. The van der Waals surface area contributed by atoms with Crippen LogP contribution in [0, 0.1) is 0 Å². The molecule has 1 aliphatic rings. The van der Waals surface area contributed by atoms with Crippen molar-refractivity contribution in [3.05, 3.63) is 94.5 Å². The van der Waals surface area contributed by atoms with Crippen LogP contribution >= 0.6 is 11.6 Å². The van der Waals surface area contributed by atoms with Crippen molar-refractivity contribution < 1.29 is 55.0 Å². The zero-order valence-electron chi connectivity index (χ0n) is 28.5. The molecule has 3 aromatic carbocycles. The Morgan fingerprint density at radius 2 is 1.45 bits per heavy atom. The van der Waals surface area contributed by atoms with Gasteiger partial charge in [0.05, 0.1) is 18.2 Å². The molecule has 13 nitrogen and oxygen atoms in total. The van der Waals surface area contributed by atoms with Crippen molar-refractivity contribution >= 4 is 58.4 Å². The van der Waals surface area contributed by atoms with Crippen LogP contribution in [-0.2, 0) is 30.8 Å². The van der Waals surface area contributed by atoms with Crippen LogP contribution in [-0.4, -0.2) is 64.5 Å². The average molecular weight is 794 g/mol. The van der Waals surface area contributed by atoms with Crippen molar-refractivity contribution in [3.8, 4) is 6.01 Å². The summed E-state index contributed by atoms with van der Waals surface area (Å²) < 4.78 is 86.7. The Hall–Kier alpha value is -5.98. The number of nitrogens with zero attached hydrogens (tertiary/aromatic N) is 3. The standard InChI is InChI=1S/C35H30ClF6N7O6/c1-54-29(53)25(14-15-26(50)28(52)43-23-12-6-21(7-13-23)35(40,41)42)45-27(51)19-2-10-24(11-3-19)44-30-46-31(48-32(47-30)55-18-34(37,38)39)49-33(16-17-33)20-4-8-22(36)9-5-20/h2-13,25H,14-18H2,1H3,(H,43,52)(H,45,51)(H2,44,46,47,48,49)/t25-/m0/s1. The summed E-state index contributed by atoms with van der Waals surface area (Å²) in [6.07, 6.45) is -8.79. The zero-order valence-corrected chi connectivity index (χ0v) is 29.2. The van der Waals surface area contributed by atoms with Crippen LogP contribution in [0.25, 0.3) is 0 Å². The molecule has 4 N–H and O–H groups in total. The van der Waals surface area contributed by atoms with E-state index in [4.69, 9.17) is 21.1 Å². The van der Waals surface area contributed by atoms with E-state index in [0.717, 1.165) is 36.9 Å². The molecule has 1 atom stereocenters. The van der Waals surface area contributed by atoms with Gasteiger partial charge in [-0.3, -0.25) is 14.4 Å². The van der Waals surface area contributed by atoms with E-state index < -0.39 is 72.1 Å². The van der Waals surface area contributed by atoms with Gasteiger partial charge in [-0.15, -0.1) is 0 Å². The molecule has 55 heavy (non-hydrogen) atoms. The first-order chi connectivity index (χ1) is 25.9. The molecule has 0 bridgehead atoms. The van der Waals surface area contributed by atoms with Crippen LogP contribution < -0.4 is 26.0 Å². The van der Waals surface area contributed by atoms with Crippen molar-refractivity contribution in [2.24, 2.45) is 0 Å². The molecule has 0 radical (unpaired) electrons. The molecule has 5 rings (SSSR count). The monoisotopic (exact) mass is 793 g/mol. The predicted octanol–water partition coefficient (Wildman–Crippen LogP) is 6.59. The number of esters is 1. The highest BCUT2D eigenvalue weighted by atomic mass is 35.5. The SMILES string of the molecule is COC(=O)[C@H](CCC(=O)C(=O)Nc1ccc(C(F)(F)F)cc1)NC(=O)c1ccc(Nc2nc(NC3(c4ccc(Cl)cc4)CC3)nc(OCC(F)(F)F)n2)cc1. The van der Waals surface area contributed by atoms with E-state index >= 15 is 0 Å². The fourth-order valence-electron chi connectivity index (χ4n) is 5.07. The van der Waals surface area contributed by atoms with Gasteiger partial charge in [0.1, 0.15) is 6.04 Å². The van der Waals surface area contributed by atoms with Crippen molar-refractivity contribution in [1.29, 1.82) is 0 Å². The van der Waals surface area contributed by atoms with Crippen molar-refractivity contribution in [2.75, 3.05) is 29.7 Å². The van der Waals surface area contributed by atoms with E-state index in [2.05, 4.69) is 36.2 Å². The van der Waals surface area contributed by atoms with Gasteiger partial charge in [-0.05, 0) is 85.5 Å². The number of anilines is 4. The molecule has 1 aromatic heterocycles. The molecule has 1 aliphatic carbocycles. The fourth-order valence-corrected chi connectivity index (χ4v) is 5.20. The predicted molar refractivity (Wildman–Crippen MR) is 185 cm³/mol. The summed E-state index contributed by atoms with van der Waals surface area (Å²) in [5, 5.41) is 11.1. The third-order valence-electron chi connectivity index (χ3n) is 8.06. The third-order valence-corrected chi connectivity index (χ3v) is 8.31. The molecular weight excluding hydrogens is 764 g/mol. The van der Waals surface area contributed by atoms with Crippen LogP contribution in [0.15, 0.2) is 72.8 Å². The average Bonchev–Trinajstić information content (AvgIpc) is 3.92. The van der Waals surface area contributed by atoms with Gasteiger partial charge < -0.3 is 30.7 Å². The number of Topliss-reactive ketones (excluding diaryl/α,β-unsaturated/α-hetero) is 1. The van der Waals surface area contributed by atoms with E-state index in [1.807, 2.05) is 12.1 Å². The lowest BCUT2D eigenvalue weighted by molar-refractivity contribution is -0.154. The first kappa shape index (κ1) is 40.2. The number of ketones is 1. The minimum Gasteiger partial charge on any atom is -0.467 e. The minimum absolute atomic E-state index is 0.0386. The van der Waals surface area contributed by atoms with Crippen molar-refractivity contribution in [2.45, 2.75) is 49.6 Å². The Bertz CT molecular complexity index is 2030. The molecule has 0 unspecified atom stereocenters. The van der Waals surface area contributed by atoms with Gasteiger partial charge in [0.25, 0.3) is 11.8 Å². The number of rotatable bonds is 15. The number of nitrogens with one attached hydrogen (secondary N) is 4. The number of carbonyl (C=O) groups excluding carboxylic acids is 4. The number of carbonyl (C=O) groups is 4. The molecule has 1 heterocycles. The molecule has 20 heteroatoms. The molecule has 0 aliphatic heterocycles. The summed E-state index contributed by atoms with van der Waals surface area (Å²) in [4.78, 5) is 62.5. The maximum absolute atomic E-state index is 13.0. The van der Waals surface area contributed by atoms with Crippen molar-refractivity contribution in [1.82, 2.24) is 20.3 Å². The number of ether oxygens (including phenoxy) is 2. The number of methoxy groups -OCH3 is 1. The lowest BCUT2D eigenvalue weighted by Gasteiger charge is -2.19. The summed E-state index contributed by atoms with van der Waals surface area (Å²) in [6, 6.07) is 14.0. The van der Waals surface area contributed by atoms with Gasteiger partial charge in [-0.25, -0.2) is 4.79 Å². The van der Waals surface area contributed by atoms with Gasteiger partial charge in [0.15, 0.2) is 6.61 Å². The second kappa shape index (κ2) is 16.6. The van der Waals surface area contributed by atoms with Gasteiger partial charge >= 0.3 is 24.3 Å². The first-order valence-electron chi connectivity index (χ1n) is 16.2. The third kappa shape index (κ3) is 11.3. The quantitative estimate of drug-likeness (QED) is 0.0581. The van der Waals surface area contributed by atoms with Gasteiger partial charge in [0, 0.05) is 28.4 Å². The number of amides is 2. The maximum Gasteiger partial charge on any atom is 0.422 e. The van der Waals surface area contributed by atoms with Crippen LogP contribution in [0.3, 0.4) is 0 Å². The molecule has 0 saturated heterocycles. The molecule has 2 amide bonds. The van der Waals surface area contributed by atoms with E-state index in [1.165, 1.54) is 24.3 Å². The molecule has 1 saturated carbocycles. The highest BCUT2D eigenvalue weighted by molar-refractivity contribution is 6.40. The summed E-state index contributed by atoms with van der Waals surface area (Å²) in [7, 11) is 1.05. The van der Waals surface area contributed by atoms with E-state index in [-0.39, 0.29) is 29.6 Å². The van der Waals surface area contributed by atoms with E-state index in [1.54, 1.807) is 12.1 Å². The number of alkyl halides is 6. The molecule has 0 spiro atoms. The number of halogens is 7. The number of benzene rings is 3.